The SMILES string of the molecule is CCOc1ccc(C(=O)NCC(CC)(C(=O)O)c2ccccc2)cc1. The lowest BCUT2D eigenvalue weighted by atomic mass is 9.78. The highest BCUT2D eigenvalue weighted by atomic mass is 16.5. The molecular formula is C20H23NO4. The van der Waals surface area contributed by atoms with Gasteiger partial charge in [-0.25, -0.2) is 0 Å². The first-order valence-electron chi connectivity index (χ1n) is 8.33. The number of carbonyl (C=O) groups excluding carboxylic acids is 1. The molecule has 5 nitrogen and oxygen atoms in total. The topological polar surface area (TPSA) is 75.6 Å². The van der Waals surface area contributed by atoms with Crippen LogP contribution in [0.2, 0.25) is 0 Å². The molecule has 0 bridgehead atoms. The Balaban J connectivity index is 2.15. The van der Waals surface area contributed by atoms with Crippen molar-refractivity contribution in [1.29, 1.82) is 0 Å². The van der Waals surface area contributed by atoms with E-state index in [2.05, 4.69) is 5.32 Å². The number of carboxylic acid groups (broad SMARTS) is 1. The van der Waals surface area contributed by atoms with Crippen LogP contribution in [0, 0.1) is 0 Å². The van der Waals surface area contributed by atoms with E-state index in [4.69, 9.17) is 4.74 Å². The van der Waals surface area contributed by atoms with E-state index in [-0.39, 0.29) is 12.5 Å². The molecule has 0 aliphatic rings. The van der Waals surface area contributed by atoms with Gasteiger partial charge in [0.25, 0.3) is 5.91 Å². The Kier molecular flexibility index (Phi) is 6.17. The van der Waals surface area contributed by atoms with Gasteiger partial charge in [0, 0.05) is 12.1 Å². The fourth-order valence-electron chi connectivity index (χ4n) is 2.74. The second-order valence-electron chi connectivity index (χ2n) is 5.75. The number of carbonyl (C=O) groups is 2. The molecule has 1 unspecified atom stereocenters. The average Bonchev–Trinajstić information content (AvgIpc) is 2.64. The van der Waals surface area contributed by atoms with E-state index in [1.54, 1.807) is 48.5 Å². The van der Waals surface area contributed by atoms with Crippen molar-refractivity contribution in [1.82, 2.24) is 5.32 Å². The van der Waals surface area contributed by atoms with Crippen LogP contribution in [0.3, 0.4) is 0 Å². The summed E-state index contributed by atoms with van der Waals surface area (Å²) in [6.07, 6.45) is 0.371. The molecule has 0 aliphatic heterocycles. The number of ether oxygens (including phenoxy) is 1. The summed E-state index contributed by atoms with van der Waals surface area (Å²) in [5.41, 5.74) is -0.00811. The molecule has 0 saturated carbocycles. The number of hydrogen-bond acceptors (Lipinski definition) is 3. The molecule has 0 spiro atoms. The van der Waals surface area contributed by atoms with E-state index < -0.39 is 11.4 Å². The van der Waals surface area contributed by atoms with Crippen molar-refractivity contribution in [2.24, 2.45) is 0 Å². The molecule has 1 atom stereocenters. The van der Waals surface area contributed by atoms with Gasteiger partial charge in [0.05, 0.1) is 6.61 Å². The number of hydrogen-bond donors (Lipinski definition) is 2. The van der Waals surface area contributed by atoms with Gasteiger partial charge in [-0.15, -0.1) is 0 Å². The molecule has 1 amide bonds. The van der Waals surface area contributed by atoms with Gasteiger partial charge in [-0.2, -0.15) is 0 Å². The Morgan fingerprint density at radius 3 is 2.20 bits per heavy atom. The summed E-state index contributed by atoms with van der Waals surface area (Å²) in [6, 6.07) is 15.8. The summed E-state index contributed by atoms with van der Waals surface area (Å²) in [4.78, 5) is 24.3. The average molecular weight is 341 g/mol. The molecule has 0 heterocycles. The third-order valence-corrected chi connectivity index (χ3v) is 4.32. The van der Waals surface area contributed by atoms with E-state index in [0.29, 0.717) is 29.9 Å². The molecule has 0 radical (unpaired) electrons. The molecule has 5 heteroatoms. The van der Waals surface area contributed by atoms with Gasteiger partial charge in [0.1, 0.15) is 11.2 Å². The van der Waals surface area contributed by atoms with Crippen LogP contribution >= 0.6 is 0 Å². The van der Waals surface area contributed by atoms with Gasteiger partial charge in [0.2, 0.25) is 0 Å². The van der Waals surface area contributed by atoms with Crippen LogP contribution in [-0.4, -0.2) is 30.1 Å². The molecular weight excluding hydrogens is 318 g/mol. The lowest BCUT2D eigenvalue weighted by molar-refractivity contribution is -0.143. The number of benzene rings is 2. The Morgan fingerprint density at radius 2 is 1.68 bits per heavy atom. The Morgan fingerprint density at radius 1 is 1.04 bits per heavy atom. The van der Waals surface area contributed by atoms with E-state index >= 15 is 0 Å². The normalized spacial score (nSPS) is 12.9. The summed E-state index contributed by atoms with van der Waals surface area (Å²) in [7, 11) is 0. The minimum atomic E-state index is -1.15. The van der Waals surface area contributed by atoms with Crippen LogP contribution in [0.15, 0.2) is 54.6 Å². The van der Waals surface area contributed by atoms with Crippen LogP contribution in [-0.2, 0) is 10.2 Å². The van der Waals surface area contributed by atoms with Gasteiger partial charge in [-0.3, -0.25) is 9.59 Å². The molecule has 2 aromatic rings. The lowest BCUT2D eigenvalue weighted by Gasteiger charge is -2.29. The third kappa shape index (κ3) is 4.18. The molecule has 2 N–H and O–H groups in total. The maximum Gasteiger partial charge on any atom is 0.315 e. The van der Waals surface area contributed by atoms with Crippen LogP contribution in [0.1, 0.15) is 36.2 Å². The van der Waals surface area contributed by atoms with Gasteiger partial charge in [-0.05, 0) is 43.2 Å². The van der Waals surface area contributed by atoms with Crippen molar-refractivity contribution in [3.8, 4) is 5.75 Å². The third-order valence-electron chi connectivity index (χ3n) is 4.32. The fourth-order valence-corrected chi connectivity index (χ4v) is 2.74. The predicted molar refractivity (Wildman–Crippen MR) is 96.0 cm³/mol. The molecule has 2 rings (SSSR count). The quantitative estimate of drug-likeness (QED) is 0.773. The maximum atomic E-state index is 12.4. The number of rotatable bonds is 8. The highest BCUT2D eigenvalue weighted by molar-refractivity contribution is 5.95. The Labute approximate surface area is 147 Å². The summed E-state index contributed by atoms with van der Waals surface area (Å²) >= 11 is 0. The first-order chi connectivity index (χ1) is 12.0. The van der Waals surface area contributed by atoms with Gasteiger partial charge < -0.3 is 15.2 Å². The highest BCUT2D eigenvalue weighted by Crippen LogP contribution is 2.28. The highest BCUT2D eigenvalue weighted by Gasteiger charge is 2.39. The standard InChI is InChI=1S/C20H23NO4/c1-3-20(19(23)24,16-8-6-5-7-9-16)14-21-18(22)15-10-12-17(13-11-15)25-4-2/h5-13H,3-4,14H2,1-2H3,(H,21,22)(H,23,24). The number of amides is 1. The summed E-state index contributed by atoms with van der Waals surface area (Å²) in [5, 5.41) is 12.5. The van der Waals surface area contributed by atoms with E-state index in [0.717, 1.165) is 0 Å². The second kappa shape index (κ2) is 8.33. The predicted octanol–water partition coefficient (Wildman–Crippen LogP) is 3.25. The largest absolute Gasteiger partial charge is 0.494 e. The zero-order chi connectivity index (χ0) is 18.3. The van der Waals surface area contributed by atoms with E-state index in [9.17, 15) is 14.7 Å². The van der Waals surface area contributed by atoms with Crippen LogP contribution < -0.4 is 10.1 Å². The van der Waals surface area contributed by atoms with Crippen LogP contribution in [0.4, 0.5) is 0 Å². The fraction of sp³-hybridized carbons (Fsp3) is 0.300. The van der Waals surface area contributed by atoms with Crippen molar-refractivity contribution < 1.29 is 19.4 Å². The summed E-state index contributed by atoms with van der Waals surface area (Å²) < 4.78 is 5.35. The lowest BCUT2D eigenvalue weighted by Crippen LogP contribution is -2.46. The van der Waals surface area contributed by atoms with Gasteiger partial charge in [-0.1, -0.05) is 37.3 Å². The monoisotopic (exact) mass is 341 g/mol. The smallest absolute Gasteiger partial charge is 0.315 e. The number of nitrogens with one attached hydrogen (secondary N) is 1. The Hall–Kier alpha value is -2.82. The Bertz CT molecular complexity index is 712. The zero-order valence-electron chi connectivity index (χ0n) is 14.5. The van der Waals surface area contributed by atoms with Crippen LogP contribution in [0.25, 0.3) is 0 Å². The van der Waals surface area contributed by atoms with Crippen LogP contribution in [0.5, 0.6) is 5.75 Å². The molecule has 132 valence electrons. The van der Waals surface area contributed by atoms with E-state index in [1.165, 1.54) is 0 Å². The second-order valence-corrected chi connectivity index (χ2v) is 5.75. The molecule has 25 heavy (non-hydrogen) atoms. The van der Waals surface area contributed by atoms with Crippen molar-refractivity contribution in [2.45, 2.75) is 25.7 Å². The first kappa shape index (κ1) is 18.5. The van der Waals surface area contributed by atoms with Crippen molar-refractivity contribution in [2.75, 3.05) is 13.2 Å². The first-order valence-corrected chi connectivity index (χ1v) is 8.33. The minimum Gasteiger partial charge on any atom is -0.494 e. The zero-order valence-corrected chi connectivity index (χ0v) is 14.5. The molecule has 2 aromatic carbocycles. The van der Waals surface area contributed by atoms with Gasteiger partial charge in [0.15, 0.2) is 0 Å². The molecule has 0 saturated heterocycles. The molecule has 0 aliphatic carbocycles. The number of aliphatic carboxylic acids is 1. The maximum absolute atomic E-state index is 12.4. The van der Waals surface area contributed by atoms with Crippen molar-refractivity contribution in [3.05, 3.63) is 65.7 Å². The molecule has 0 aromatic heterocycles. The molecule has 0 fully saturated rings. The van der Waals surface area contributed by atoms with Crippen molar-refractivity contribution >= 4 is 11.9 Å². The summed E-state index contributed by atoms with van der Waals surface area (Å²) in [5.74, 6) is -0.567. The van der Waals surface area contributed by atoms with E-state index in [1.807, 2.05) is 19.9 Å². The minimum absolute atomic E-state index is 0.0227. The number of carboxylic acids is 1. The van der Waals surface area contributed by atoms with Gasteiger partial charge >= 0.3 is 5.97 Å². The summed E-state index contributed by atoms with van der Waals surface area (Å²) in [6.45, 7) is 4.28. The van der Waals surface area contributed by atoms with Crippen molar-refractivity contribution in [3.63, 3.8) is 0 Å².